The molecule has 0 aliphatic rings. The van der Waals surface area contributed by atoms with Gasteiger partial charge < -0.3 is 18.9 Å². The molecule has 0 fully saturated rings. The summed E-state index contributed by atoms with van der Waals surface area (Å²) in [5, 5.41) is 0.875. The Morgan fingerprint density at radius 1 is 1.00 bits per heavy atom. The number of H-pyrrole nitrogens is 1. The van der Waals surface area contributed by atoms with Crippen molar-refractivity contribution in [2.75, 3.05) is 0 Å². The molecule has 2 heterocycles. The maximum absolute atomic E-state index is 12.3. The van der Waals surface area contributed by atoms with Gasteiger partial charge in [0.1, 0.15) is 30.4 Å². The molecule has 0 amide bonds. The van der Waals surface area contributed by atoms with Crippen LogP contribution in [-0.4, -0.2) is 17.2 Å². The number of ether oxygens (including phenoxy) is 2. The van der Waals surface area contributed by atoms with Crippen molar-refractivity contribution in [1.82, 2.24) is 4.98 Å². The van der Waals surface area contributed by atoms with E-state index in [9.17, 15) is 9.59 Å². The van der Waals surface area contributed by atoms with E-state index in [1.54, 1.807) is 12.1 Å². The predicted molar refractivity (Wildman–Crippen MR) is 102 cm³/mol. The molecule has 140 valence electrons. The summed E-state index contributed by atoms with van der Waals surface area (Å²) < 4.78 is 16.2. The summed E-state index contributed by atoms with van der Waals surface area (Å²) in [5.41, 5.74) is 2.19. The molecule has 0 atom stereocenters. The van der Waals surface area contributed by atoms with E-state index in [1.807, 2.05) is 48.5 Å². The van der Waals surface area contributed by atoms with Crippen LogP contribution in [0, 0.1) is 0 Å². The van der Waals surface area contributed by atoms with Gasteiger partial charge in [0.15, 0.2) is 12.0 Å². The van der Waals surface area contributed by atoms with Crippen LogP contribution in [0.3, 0.4) is 0 Å². The lowest BCUT2D eigenvalue weighted by molar-refractivity contribution is 0.0439. The summed E-state index contributed by atoms with van der Waals surface area (Å²) in [6.45, 7) is 0.418. The van der Waals surface area contributed by atoms with Crippen LogP contribution in [0.15, 0.2) is 71.1 Å². The number of hydrogen-bond donors (Lipinski definition) is 1. The molecular formula is C22H17NO5. The SMILES string of the molecule is O=Cc1ccc(COC(=O)c2cc3ccc(OCc4ccccc4)cc3[nH]2)o1. The summed E-state index contributed by atoms with van der Waals surface area (Å²) in [4.78, 5) is 25.9. The van der Waals surface area contributed by atoms with Crippen molar-refractivity contribution in [1.29, 1.82) is 0 Å². The molecule has 2 aromatic heterocycles. The number of fused-ring (bicyclic) bond motifs is 1. The van der Waals surface area contributed by atoms with Crippen molar-refractivity contribution in [2.45, 2.75) is 13.2 Å². The van der Waals surface area contributed by atoms with E-state index in [4.69, 9.17) is 13.9 Å². The second kappa shape index (κ2) is 7.84. The van der Waals surface area contributed by atoms with Crippen molar-refractivity contribution < 1.29 is 23.5 Å². The minimum absolute atomic E-state index is 0.0481. The van der Waals surface area contributed by atoms with Crippen LogP contribution in [-0.2, 0) is 18.0 Å². The van der Waals surface area contributed by atoms with Gasteiger partial charge in [-0.25, -0.2) is 4.79 Å². The Labute approximate surface area is 160 Å². The fourth-order valence-electron chi connectivity index (χ4n) is 2.80. The van der Waals surface area contributed by atoms with Crippen LogP contribution >= 0.6 is 0 Å². The number of aromatic nitrogens is 1. The average Bonchev–Trinajstić information content (AvgIpc) is 3.37. The third-order valence-electron chi connectivity index (χ3n) is 4.21. The minimum Gasteiger partial charge on any atom is -0.489 e. The first kappa shape index (κ1) is 17.6. The van der Waals surface area contributed by atoms with E-state index in [0.717, 1.165) is 16.5 Å². The van der Waals surface area contributed by atoms with E-state index in [2.05, 4.69) is 4.98 Å². The Balaban J connectivity index is 1.42. The molecule has 6 nitrogen and oxygen atoms in total. The van der Waals surface area contributed by atoms with Gasteiger partial charge in [-0.05, 0) is 35.9 Å². The zero-order valence-electron chi connectivity index (χ0n) is 14.9. The number of rotatable bonds is 7. The Morgan fingerprint density at radius 3 is 2.64 bits per heavy atom. The van der Waals surface area contributed by atoms with Crippen LogP contribution in [0.5, 0.6) is 5.75 Å². The maximum Gasteiger partial charge on any atom is 0.355 e. The van der Waals surface area contributed by atoms with Crippen molar-refractivity contribution in [3.63, 3.8) is 0 Å². The van der Waals surface area contributed by atoms with E-state index >= 15 is 0 Å². The molecular weight excluding hydrogens is 358 g/mol. The minimum atomic E-state index is -0.507. The zero-order valence-corrected chi connectivity index (χ0v) is 14.9. The van der Waals surface area contributed by atoms with Gasteiger partial charge in [0.25, 0.3) is 0 Å². The van der Waals surface area contributed by atoms with Gasteiger partial charge in [-0.1, -0.05) is 30.3 Å². The smallest absolute Gasteiger partial charge is 0.355 e. The third-order valence-corrected chi connectivity index (χ3v) is 4.21. The Morgan fingerprint density at radius 2 is 1.86 bits per heavy atom. The van der Waals surface area contributed by atoms with E-state index in [-0.39, 0.29) is 12.4 Å². The van der Waals surface area contributed by atoms with Gasteiger partial charge in [0.2, 0.25) is 0 Å². The first-order valence-electron chi connectivity index (χ1n) is 8.72. The van der Waals surface area contributed by atoms with Gasteiger partial charge in [0, 0.05) is 17.0 Å². The summed E-state index contributed by atoms with van der Waals surface area (Å²) in [6.07, 6.45) is 0.598. The summed E-state index contributed by atoms with van der Waals surface area (Å²) in [6, 6.07) is 20.3. The zero-order chi connectivity index (χ0) is 19.3. The lowest BCUT2D eigenvalue weighted by atomic mass is 10.2. The van der Waals surface area contributed by atoms with Gasteiger partial charge in [-0.15, -0.1) is 0 Å². The topological polar surface area (TPSA) is 81.5 Å². The predicted octanol–water partition coefficient (Wildman–Crippen LogP) is 4.51. The van der Waals surface area contributed by atoms with Crippen LogP contribution in [0.4, 0.5) is 0 Å². The molecule has 0 aliphatic heterocycles. The number of carbonyl (C=O) groups is 2. The molecule has 6 heteroatoms. The summed E-state index contributed by atoms with van der Waals surface area (Å²) in [7, 11) is 0. The van der Waals surface area contributed by atoms with Crippen molar-refractivity contribution in [3.05, 3.63) is 89.5 Å². The molecule has 0 spiro atoms. The highest BCUT2D eigenvalue weighted by Gasteiger charge is 2.13. The molecule has 28 heavy (non-hydrogen) atoms. The number of benzene rings is 2. The van der Waals surface area contributed by atoms with Crippen LogP contribution in [0.1, 0.15) is 32.4 Å². The second-order valence-corrected chi connectivity index (χ2v) is 6.20. The largest absolute Gasteiger partial charge is 0.489 e. The van der Waals surface area contributed by atoms with Gasteiger partial charge >= 0.3 is 5.97 Å². The number of hydrogen-bond acceptors (Lipinski definition) is 5. The highest BCUT2D eigenvalue weighted by atomic mass is 16.5. The number of aromatic amines is 1. The number of carbonyl (C=O) groups excluding carboxylic acids is 2. The van der Waals surface area contributed by atoms with Gasteiger partial charge in [-0.2, -0.15) is 0 Å². The third kappa shape index (κ3) is 3.96. The van der Waals surface area contributed by atoms with Crippen LogP contribution in [0.25, 0.3) is 10.9 Å². The van der Waals surface area contributed by atoms with Crippen molar-refractivity contribution in [2.24, 2.45) is 0 Å². The Kier molecular flexibility index (Phi) is 4.93. The highest BCUT2D eigenvalue weighted by molar-refractivity contribution is 5.95. The first-order valence-corrected chi connectivity index (χ1v) is 8.72. The molecule has 0 saturated carbocycles. The lowest BCUT2D eigenvalue weighted by Crippen LogP contribution is -2.05. The molecule has 0 saturated heterocycles. The molecule has 1 N–H and O–H groups in total. The van der Waals surface area contributed by atoms with Crippen LogP contribution < -0.4 is 4.74 Å². The van der Waals surface area contributed by atoms with Gasteiger partial charge in [-0.3, -0.25) is 4.79 Å². The Hall–Kier alpha value is -3.80. The molecule has 4 rings (SSSR count). The second-order valence-electron chi connectivity index (χ2n) is 6.20. The molecule has 0 unspecified atom stereocenters. The highest BCUT2D eigenvalue weighted by Crippen LogP contribution is 2.23. The molecule has 2 aromatic carbocycles. The molecule has 0 radical (unpaired) electrons. The fraction of sp³-hybridized carbons (Fsp3) is 0.0909. The van der Waals surface area contributed by atoms with Crippen molar-refractivity contribution >= 4 is 23.2 Å². The number of nitrogens with one attached hydrogen (secondary N) is 1. The lowest BCUT2D eigenvalue weighted by Gasteiger charge is -2.06. The van der Waals surface area contributed by atoms with Crippen LogP contribution in [0.2, 0.25) is 0 Å². The molecule has 0 bridgehead atoms. The molecule has 4 aromatic rings. The van der Waals surface area contributed by atoms with E-state index in [1.165, 1.54) is 6.07 Å². The number of aldehydes is 1. The van der Waals surface area contributed by atoms with Gasteiger partial charge in [0.05, 0.1) is 0 Å². The summed E-state index contributed by atoms with van der Waals surface area (Å²) in [5.74, 6) is 0.796. The molecule has 0 aliphatic carbocycles. The monoisotopic (exact) mass is 375 g/mol. The standard InChI is InChI=1S/C22H17NO5/c24-12-18-8-9-19(28-18)14-27-22(25)21-10-16-6-7-17(11-20(16)23-21)26-13-15-4-2-1-3-5-15/h1-12,23H,13-14H2. The van der Waals surface area contributed by atoms with Crippen molar-refractivity contribution in [3.8, 4) is 5.75 Å². The Bertz CT molecular complexity index is 1110. The van der Waals surface area contributed by atoms with E-state index < -0.39 is 5.97 Å². The number of esters is 1. The quantitative estimate of drug-likeness (QED) is 0.380. The average molecular weight is 375 g/mol. The number of furan rings is 1. The normalized spacial score (nSPS) is 10.7. The first-order chi connectivity index (χ1) is 13.7. The van der Waals surface area contributed by atoms with E-state index in [0.29, 0.717) is 30.1 Å². The summed E-state index contributed by atoms with van der Waals surface area (Å²) >= 11 is 0. The maximum atomic E-state index is 12.3. The fourth-order valence-corrected chi connectivity index (χ4v) is 2.80.